The van der Waals surface area contributed by atoms with Crippen LogP contribution in [0.2, 0.25) is 0 Å². The molecule has 0 bridgehead atoms. The molecular weight excluding hydrogens is 282 g/mol. The number of anilines is 2. The van der Waals surface area contributed by atoms with Gasteiger partial charge in [-0.05, 0) is 33.2 Å². The van der Waals surface area contributed by atoms with Crippen molar-refractivity contribution in [2.75, 3.05) is 18.4 Å². The minimum absolute atomic E-state index is 0.442. The molecule has 0 amide bonds. The average Bonchev–Trinajstić information content (AvgIpc) is 3.01. The number of hydrogen-bond acceptors (Lipinski definition) is 6. The Balaban J connectivity index is 1.81. The molecule has 2 aromatic rings. The molecule has 1 fully saturated rings. The molecule has 3 rings (SSSR count). The molecule has 1 N–H and O–H groups in total. The van der Waals surface area contributed by atoms with Gasteiger partial charge in [0.25, 0.3) is 0 Å². The van der Waals surface area contributed by atoms with Gasteiger partial charge in [0.1, 0.15) is 0 Å². The zero-order chi connectivity index (χ0) is 14.7. The number of hydrogen-bond donors (Lipinski definition) is 1. The maximum atomic E-state index is 4.60. The lowest BCUT2D eigenvalue weighted by Gasteiger charge is -2.35. The summed E-state index contributed by atoms with van der Waals surface area (Å²) in [5.74, 6) is 1.29. The van der Waals surface area contributed by atoms with E-state index < -0.39 is 0 Å². The van der Waals surface area contributed by atoms with E-state index in [1.165, 1.54) is 19.4 Å². The predicted octanol–water partition coefficient (Wildman–Crippen LogP) is 3.26. The Morgan fingerprint density at radius 2 is 2.10 bits per heavy atom. The van der Waals surface area contributed by atoms with E-state index in [-0.39, 0.29) is 0 Å². The van der Waals surface area contributed by atoms with Crippen LogP contribution >= 0.6 is 11.3 Å². The van der Waals surface area contributed by atoms with Gasteiger partial charge in [0.2, 0.25) is 0 Å². The van der Waals surface area contributed by atoms with Crippen molar-refractivity contribution >= 4 is 22.3 Å². The van der Waals surface area contributed by atoms with Crippen LogP contribution < -0.4 is 5.32 Å². The Morgan fingerprint density at radius 1 is 1.24 bits per heavy atom. The van der Waals surface area contributed by atoms with Crippen molar-refractivity contribution in [2.45, 2.75) is 38.6 Å². The quantitative estimate of drug-likeness (QED) is 0.939. The van der Waals surface area contributed by atoms with Gasteiger partial charge in [-0.3, -0.25) is 4.98 Å². The molecule has 0 spiro atoms. The number of piperidine rings is 1. The predicted molar refractivity (Wildman–Crippen MR) is 86.1 cm³/mol. The van der Waals surface area contributed by atoms with Crippen LogP contribution in [0.25, 0.3) is 0 Å². The molecule has 21 heavy (non-hydrogen) atoms. The van der Waals surface area contributed by atoms with Gasteiger partial charge in [0.05, 0.1) is 5.69 Å². The molecule has 3 heterocycles. The molecule has 6 heteroatoms. The summed E-state index contributed by atoms with van der Waals surface area (Å²) < 4.78 is 0. The van der Waals surface area contributed by atoms with Crippen molar-refractivity contribution in [1.29, 1.82) is 0 Å². The number of thiazole rings is 1. The summed E-state index contributed by atoms with van der Waals surface area (Å²) in [6.45, 7) is 6.76. The first-order valence-corrected chi connectivity index (χ1v) is 8.33. The number of nitrogens with zero attached hydrogens (tertiary/aromatic N) is 4. The molecular formula is C15H21N5S. The number of nitrogens with one attached hydrogen (secondary N) is 1. The van der Waals surface area contributed by atoms with Crippen molar-refractivity contribution < 1.29 is 0 Å². The Kier molecular flexibility index (Phi) is 4.45. The number of aromatic nitrogens is 3. The summed E-state index contributed by atoms with van der Waals surface area (Å²) in [6, 6.07) is 0.583. The lowest BCUT2D eigenvalue weighted by molar-refractivity contribution is 0.166. The Bertz CT molecular complexity index is 569. The number of likely N-dealkylation sites (tertiary alicyclic amines) is 1. The fraction of sp³-hybridized carbons (Fsp3) is 0.533. The van der Waals surface area contributed by atoms with Gasteiger partial charge in [-0.15, -0.1) is 11.3 Å². The van der Waals surface area contributed by atoms with E-state index in [1.807, 2.05) is 5.38 Å². The minimum atomic E-state index is 0.442. The van der Waals surface area contributed by atoms with Gasteiger partial charge < -0.3 is 10.2 Å². The van der Waals surface area contributed by atoms with E-state index in [2.05, 4.69) is 39.0 Å². The van der Waals surface area contributed by atoms with Gasteiger partial charge in [-0.2, -0.15) is 0 Å². The third-order valence-electron chi connectivity index (χ3n) is 3.95. The average molecular weight is 303 g/mol. The second-order valence-electron chi connectivity index (χ2n) is 5.68. The molecule has 1 aliphatic heterocycles. The zero-order valence-electron chi connectivity index (χ0n) is 12.5. The lowest BCUT2D eigenvalue weighted by atomic mass is 9.93. The molecule has 0 radical (unpaired) electrons. The Labute approximate surface area is 129 Å². The first-order chi connectivity index (χ1) is 10.2. The van der Waals surface area contributed by atoms with E-state index in [1.54, 1.807) is 29.9 Å². The van der Waals surface area contributed by atoms with Crippen molar-refractivity contribution in [3.63, 3.8) is 0 Å². The van der Waals surface area contributed by atoms with E-state index >= 15 is 0 Å². The highest BCUT2D eigenvalue weighted by Crippen LogP contribution is 2.31. The van der Waals surface area contributed by atoms with E-state index in [0.717, 1.165) is 23.2 Å². The zero-order valence-corrected chi connectivity index (χ0v) is 13.3. The molecule has 1 saturated heterocycles. The van der Waals surface area contributed by atoms with Gasteiger partial charge in [-0.1, -0.05) is 0 Å². The highest BCUT2D eigenvalue weighted by molar-refractivity contribution is 7.13. The third kappa shape index (κ3) is 3.39. The van der Waals surface area contributed by atoms with Crippen LogP contribution in [0.15, 0.2) is 24.0 Å². The van der Waals surface area contributed by atoms with Crippen molar-refractivity contribution in [3.05, 3.63) is 29.7 Å². The highest BCUT2D eigenvalue weighted by Gasteiger charge is 2.26. The smallest absolute Gasteiger partial charge is 0.188 e. The summed E-state index contributed by atoms with van der Waals surface area (Å²) in [5, 5.41) is 6.14. The third-order valence-corrected chi connectivity index (χ3v) is 4.64. The van der Waals surface area contributed by atoms with Gasteiger partial charge in [0, 0.05) is 42.5 Å². The van der Waals surface area contributed by atoms with Crippen LogP contribution in [0.5, 0.6) is 0 Å². The second-order valence-corrected chi connectivity index (χ2v) is 6.57. The molecule has 0 saturated carbocycles. The van der Waals surface area contributed by atoms with Crippen molar-refractivity contribution in [2.24, 2.45) is 0 Å². The standard InChI is InChI=1S/C15H21N5S/c1-11(2)20-8-3-4-12(10-20)13-14(17-6-5-16-13)19-15-18-7-9-21-15/h5-7,9,11-12H,3-4,8,10H2,1-2H3,(H,17,18,19). The van der Waals surface area contributed by atoms with Crippen LogP contribution in [0.3, 0.4) is 0 Å². The molecule has 1 unspecified atom stereocenters. The number of rotatable bonds is 4. The molecule has 2 aromatic heterocycles. The van der Waals surface area contributed by atoms with Gasteiger partial charge in [-0.25, -0.2) is 9.97 Å². The van der Waals surface area contributed by atoms with Crippen LogP contribution in [0, 0.1) is 0 Å². The molecule has 0 aromatic carbocycles. The first-order valence-electron chi connectivity index (χ1n) is 7.45. The topological polar surface area (TPSA) is 53.9 Å². The van der Waals surface area contributed by atoms with Crippen molar-refractivity contribution in [3.8, 4) is 0 Å². The van der Waals surface area contributed by atoms with E-state index in [4.69, 9.17) is 0 Å². The summed E-state index contributed by atoms with van der Waals surface area (Å²) in [7, 11) is 0. The molecule has 5 nitrogen and oxygen atoms in total. The van der Waals surface area contributed by atoms with Crippen LogP contribution in [0.4, 0.5) is 10.9 Å². The first kappa shape index (κ1) is 14.4. The summed E-state index contributed by atoms with van der Waals surface area (Å²) in [4.78, 5) is 15.9. The fourth-order valence-electron chi connectivity index (χ4n) is 2.83. The molecule has 1 aliphatic rings. The monoisotopic (exact) mass is 303 g/mol. The largest absolute Gasteiger partial charge is 0.315 e. The fourth-order valence-corrected chi connectivity index (χ4v) is 3.36. The van der Waals surface area contributed by atoms with Crippen LogP contribution in [-0.2, 0) is 0 Å². The van der Waals surface area contributed by atoms with Gasteiger partial charge >= 0.3 is 0 Å². The van der Waals surface area contributed by atoms with Crippen LogP contribution in [0.1, 0.15) is 38.3 Å². The Hall–Kier alpha value is -1.53. The highest BCUT2D eigenvalue weighted by atomic mass is 32.1. The van der Waals surface area contributed by atoms with E-state index in [0.29, 0.717) is 12.0 Å². The van der Waals surface area contributed by atoms with Crippen LogP contribution in [-0.4, -0.2) is 39.0 Å². The molecule has 1 atom stereocenters. The lowest BCUT2D eigenvalue weighted by Crippen LogP contribution is -2.39. The normalized spacial score (nSPS) is 19.9. The SMILES string of the molecule is CC(C)N1CCCC(c2nccnc2Nc2nccs2)C1. The second kappa shape index (κ2) is 6.49. The van der Waals surface area contributed by atoms with Crippen molar-refractivity contribution in [1.82, 2.24) is 19.9 Å². The van der Waals surface area contributed by atoms with Gasteiger partial charge in [0.15, 0.2) is 10.9 Å². The summed E-state index contributed by atoms with van der Waals surface area (Å²) >= 11 is 1.58. The minimum Gasteiger partial charge on any atom is -0.315 e. The molecule has 112 valence electrons. The molecule has 0 aliphatic carbocycles. The maximum absolute atomic E-state index is 4.60. The van der Waals surface area contributed by atoms with E-state index in [9.17, 15) is 0 Å². The Morgan fingerprint density at radius 3 is 2.86 bits per heavy atom. The maximum Gasteiger partial charge on any atom is 0.188 e. The summed E-state index contributed by atoms with van der Waals surface area (Å²) in [6.07, 6.45) is 7.72. The summed E-state index contributed by atoms with van der Waals surface area (Å²) in [5.41, 5.74) is 1.07.